The van der Waals surface area contributed by atoms with Crippen LogP contribution in [0.1, 0.15) is 0 Å². The molecule has 0 aliphatic heterocycles. The summed E-state index contributed by atoms with van der Waals surface area (Å²) >= 11 is 1.19. The highest BCUT2D eigenvalue weighted by molar-refractivity contribution is 7.99. The van der Waals surface area contributed by atoms with Crippen LogP contribution in [-0.2, 0) is 4.79 Å². The van der Waals surface area contributed by atoms with Crippen molar-refractivity contribution >= 4 is 23.4 Å². The normalized spacial score (nSPS) is 10.6. The number of rotatable bonds is 7. The summed E-state index contributed by atoms with van der Waals surface area (Å²) in [6, 6.07) is 17.2. The summed E-state index contributed by atoms with van der Waals surface area (Å²) in [5.41, 5.74) is 1.69. The minimum atomic E-state index is -0.488. The molecule has 2 heterocycles. The Hall–Kier alpha value is -3.72. The molecule has 1 N–H and O–H groups in total. The van der Waals surface area contributed by atoms with Gasteiger partial charge in [-0.25, -0.2) is 4.39 Å². The zero-order valence-corrected chi connectivity index (χ0v) is 17.3. The van der Waals surface area contributed by atoms with Crippen molar-refractivity contribution in [3.05, 3.63) is 78.9 Å². The van der Waals surface area contributed by atoms with Gasteiger partial charge in [-0.1, -0.05) is 36.0 Å². The smallest absolute Gasteiger partial charge is 0.234 e. The van der Waals surface area contributed by atoms with E-state index < -0.39 is 5.82 Å². The number of anilines is 1. The molecule has 0 fully saturated rings. The van der Waals surface area contributed by atoms with E-state index in [1.807, 2.05) is 41.0 Å². The number of amides is 1. The van der Waals surface area contributed by atoms with Crippen LogP contribution in [0.25, 0.3) is 17.1 Å². The molecule has 7 nitrogen and oxygen atoms in total. The topological polar surface area (TPSA) is 81.9 Å². The maximum atomic E-state index is 13.8. The van der Waals surface area contributed by atoms with Gasteiger partial charge in [0, 0.05) is 18.0 Å². The van der Waals surface area contributed by atoms with Crippen molar-refractivity contribution in [1.29, 1.82) is 0 Å². The number of carbonyl (C=O) groups excluding carboxylic acids is 1. The van der Waals surface area contributed by atoms with Crippen molar-refractivity contribution < 1.29 is 13.9 Å². The lowest BCUT2D eigenvalue weighted by atomic mass is 10.2. The lowest BCUT2D eigenvalue weighted by molar-refractivity contribution is -0.113. The van der Waals surface area contributed by atoms with Gasteiger partial charge in [0.25, 0.3) is 0 Å². The van der Waals surface area contributed by atoms with Gasteiger partial charge in [0.15, 0.2) is 11.0 Å². The lowest BCUT2D eigenvalue weighted by Crippen LogP contribution is -2.15. The highest BCUT2D eigenvalue weighted by Gasteiger charge is 2.20. The van der Waals surface area contributed by atoms with Gasteiger partial charge in [0.2, 0.25) is 5.91 Å². The number of ether oxygens (including phenoxy) is 1. The number of aromatic nitrogens is 4. The fourth-order valence-corrected chi connectivity index (χ4v) is 3.71. The average molecular weight is 435 g/mol. The van der Waals surface area contributed by atoms with Gasteiger partial charge >= 0.3 is 0 Å². The van der Waals surface area contributed by atoms with Gasteiger partial charge in [-0.15, -0.1) is 10.2 Å². The monoisotopic (exact) mass is 435 g/mol. The molecular weight excluding hydrogens is 417 g/mol. The second-order valence-electron chi connectivity index (χ2n) is 6.37. The van der Waals surface area contributed by atoms with Crippen molar-refractivity contribution in [3.63, 3.8) is 0 Å². The minimum absolute atomic E-state index is 0.0258. The van der Waals surface area contributed by atoms with E-state index in [1.165, 1.54) is 23.9 Å². The molecule has 0 saturated carbocycles. The summed E-state index contributed by atoms with van der Waals surface area (Å²) in [4.78, 5) is 16.4. The van der Waals surface area contributed by atoms with Crippen LogP contribution in [0.4, 0.5) is 10.1 Å². The first-order valence-electron chi connectivity index (χ1n) is 9.33. The molecule has 0 radical (unpaired) electrons. The predicted octanol–water partition coefficient (Wildman–Crippen LogP) is 4.21. The van der Waals surface area contributed by atoms with Gasteiger partial charge in [-0.3, -0.25) is 14.3 Å². The fraction of sp³-hybridized carbons (Fsp3) is 0.0909. The SMILES string of the molecule is COc1ccccc1-n1c(SCC(=O)Nc2ccccc2F)nnc1-c1ccncc1. The van der Waals surface area contributed by atoms with Crippen molar-refractivity contribution in [1.82, 2.24) is 19.7 Å². The van der Waals surface area contributed by atoms with Gasteiger partial charge in [-0.05, 0) is 36.4 Å². The molecule has 0 spiro atoms. The maximum Gasteiger partial charge on any atom is 0.234 e. The zero-order valence-electron chi connectivity index (χ0n) is 16.5. The number of pyridine rings is 1. The molecule has 9 heteroatoms. The van der Waals surface area contributed by atoms with Gasteiger partial charge < -0.3 is 10.1 Å². The van der Waals surface area contributed by atoms with Gasteiger partial charge in [0.1, 0.15) is 11.6 Å². The predicted molar refractivity (Wildman–Crippen MR) is 117 cm³/mol. The van der Waals surface area contributed by atoms with Crippen molar-refractivity contribution in [2.75, 3.05) is 18.2 Å². The minimum Gasteiger partial charge on any atom is -0.495 e. The van der Waals surface area contributed by atoms with E-state index in [2.05, 4.69) is 20.5 Å². The number of methoxy groups -OCH3 is 1. The number of thioether (sulfide) groups is 1. The summed E-state index contributed by atoms with van der Waals surface area (Å²) < 4.78 is 21.1. The molecule has 156 valence electrons. The first-order chi connectivity index (χ1) is 15.2. The van der Waals surface area contributed by atoms with E-state index in [9.17, 15) is 9.18 Å². The standard InChI is InChI=1S/C22H18FN5O2S/c1-30-19-9-5-4-8-18(19)28-21(15-10-12-24-13-11-15)26-27-22(28)31-14-20(29)25-17-7-3-2-6-16(17)23/h2-13H,14H2,1H3,(H,25,29). The maximum absolute atomic E-state index is 13.8. The van der Waals surface area contributed by atoms with Crippen molar-refractivity contribution in [2.45, 2.75) is 5.16 Å². The second-order valence-corrected chi connectivity index (χ2v) is 7.31. The third kappa shape index (κ3) is 4.56. The summed E-state index contributed by atoms with van der Waals surface area (Å²) in [5, 5.41) is 11.7. The molecule has 0 bridgehead atoms. The molecule has 0 aliphatic rings. The van der Waals surface area contributed by atoms with E-state index in [0.29, 0.717) is 16.7 Å². The number of hydrogen-bond donors (Lipinski definition) is 1. The van der Waals surface area contributed by atoms with E-state index in [-0.39, 0.29) is 17.3 Å². The van der Waals surface area contributed by atoms with Crippen LogP contribution in [0.3, 0.4) is 0 Å². The van der Waals surface area contributed by atoms with E-state index in [0.717, 1.165) is 11.3 Å². The number of nitrogens with zero attached hydrogens (tertiary/aromatic N) is 4. The average Bonchev–Trinajstić information content (AvgIpc) is 3.23. The number of carbonyl (C=O) groups is 1. The molecule has 4 aromatic rings. The Morgan fingerprint density at radius 3 is 2.58 bits per heavy atom. The Morgan fingerprint density at radius 2 is 1.81 bits per heavy atom. The van der Waals surface area contributed by atoms with Gasteiger partial charge in [0.05, 0.1) is 24.2 Å². The van der Waals surface area contributed by atoms with E-state index in [1.54, 1.807) is 31.6 Å². The fourth-order valence-electron chi connectivity index (χ4n) is 2.96. The summed E-state index contributed by atoms with van der Waals surface area (Å²) in [6.07, 6.45) is 3.34. The molecule has 4 rings (SSSR count). The zero-order chi connectivity index (χ0) is 21.6. The molecule has 2 aromatic carbocycles. The Bertz CT molecular complexity index is 1200. The number of para-hydroxylation sites is 3. The Morgan fingerprint density at radius 1 is 1.06 bits per heavy atom. The van der Waals surface area contributed by atoms with Crippen molar-refractivity contribution in [2.24, 2.45) is 0 Å². The van der Waals surface area contributed by atoms with Crippen LogP contribution >= 0.6 is 11.8 Å². The largest absolute Gasteiger partial charge is 0.495 e. The van der Waals surface area contributed by atoms with Crippen LogP contribution < -0.4 is 10.1 Å². The molecule has 0 aliphatic carbocycles. The quantitative estimate of drug-likeness (QED) is 0.438. The van der Waals surface area contributed by atoms with E-state index in [4.69, 9.17) is 4.74 Å². The first-order valence-corrected chi connectivity index (χ1v) is 10.3. The molecule has 0 unspecified atom stereocenters. The van der Waals surface area contributed by atoms with Crippen LogP contribution in [0.5, 0.6) is 5.75 Å². The molecule has 1 amide bonds. The highest BCUT2D eigenvalue weighted by Crippen LogP contribution is 2.32. The third-order valence-electron chi connectivity index (χ3n) is 4.38. The molecule has 0 saturated heterocycles. The number of halogens is 1. The van der Waals surface area contributed by atoms with Crippen LogP contribution in [0, 0.1) is 5.82 Å². The van der Waals surface area contributed by atoms with Crippen LogP contribution in [0.15, 0.2) is 78.2 Å². The first kappa shape index (κ1) is 20.5. The highest BCUT2D eigenvalue weighted by atomic mass is 32.2. The van der Waals surface area contributed by atoms with E-state index >= 15 is 0 Å². The molecular formula is C22H18FN5O2S. The summed E-state index contributed by atoms with van der Waals surface area (Å²) in [6.45, 7) is 0. The Labute approximate surface area is 182 Å². The third-order valence-corrected chi connectivity index (χ3v) is 5.31. The Balaban J connectivity index is 1.64. The number of nitrogens with one attached hydrogen (secondary N) is 1. The number of hydrogen-bond acceptors (Lipinski definition) is 6. The number of benzene rings is 2. The lowest BCUT2D eigenvalue weighted by Gasteiger charge is -2.13. The molecule has 0 atom stereocenters. The van der Waals surface area contributed by atoms with Crippen LogP contribution in [-0.4, -0.2) is 38.5 Å². The molecule has 31 heavy (non-hydrogen) atoms. The molecule has 2 aromatic heterocycles. The Kier molecular flexibility index (Phi) is 6.23. The van der Waals surface area contributed by atoms with Gasteiger partial charge in [-0.2, -0.15) is 0 Å². The van der Waals surface area contributed by atoms with Crippen LogP contribution in [0.2, 0.25) is 0 Å². The summed E-state index contributed by atoms with van der Waals surface area (Å²) in [7, 11) is 1.59. The summed E-state index contributed by atoms with van der Waals surface area (Å²) in [5.74, 6) is 0.408. The van der Waals surface area contributed by atoms with Crippen molar-refractivity contribution in [3.8, 4) is 22.8 Å². The second kappa shape index (κ2) is 9.40.